The largest absolute Gasteiger partial charge is 0.417 e. The van der Waals surface area contributed by atoms with E-state index in [1.165, 1.54) is 0 Å². The van der Waals surface area contributed by atoms with Crippen molar-refractivity contribution >= 4 is 11.1 Å². The molecule has 1 atom stereocenters. The number of aryl methyl sites for hydroxylation is 1. The van der Waals surface area contributed by atoms with Gasteiger partial charge in [-0.05, 0) is 19.4 Å². The summed E-state index contributed by atoms with van der Waals surface area (Å²) < 4.78 is 6.61. The number of aromatic amines is 1. The molecule has 0 bridgehead atoms. The summed E-state index contributed by atoms with van der Waals surface area (Å²) in [7, 11) is 0. The van der Waals surface area contributed by atoms with Crippen molar-refractivity contribution in [3.05, 3.63) is 68.6 Å². The molecule has 0 aliphatic rings. The van der Waals surface area contributed by atoms with E-state index in [0.717, 1.165) is 11.1 Å². The average Bonchev–Trinajstić information content (AvgIpc) is 2.86. The molecule has 0 radical (unpaired) electrons. The molecule has 0 amide bonds. The van der Waals surface area contributed by atoms with Gasteiger partial charge in [0.15, 0.2) is 11.1 Å². The first-order chi connectivity index (χ1) is 9.58. The number of nitrogens with zero attached hydrogens (tertiary/aromatic N) is 1. The Kier molecular flexibility index (Phi) is 2.82. The molecule has 20 heavy (non-hydrogen) atoms. The minimum absolute atomic E-state index is 0.120. The van der Waals surface area contributed by atoms with Gasteiger partial charge in [-0.25, -0.2) is 4.79 Å². The fourth-order valence-corrected chi connectivity index (χ4v) is 2.39. The molecule has 1 aromatic carbocycles. The summed E-state index contributed by atoms with van der Waals surface area (Å²) >= 11 is 0. The van der Waals surface area contributed by atoms with Crippen molar-refractivity contribution in [2.45, 2.75) is 19.9 Å². The van der Waals surface area contributed by atoms with Crippen LogP contribution in [0, 0.1) is 6.92 Å². The molecule has 5 nitrogen and oxygen atoms in total. The monoisotopic (exact) mass is 270 g/mol. The topological polar surface area (TPSA) is 68.0 Å². The lowest BCUT2D eigenvalue weighted by Gasteiger charge is -2.16. The molecule has 102 valence electrons. The van der Waals surface area contributed by atoms with Crippen molar-refractivity contribution in [3.8, 4) is 0 Å². The summed E-state index contributed by atoms with van der Waals surface area (Å²) in [6.07, 6.45) is 1.72. The SMILES string of the molecule is Cc1cn([C@H](C)c2ccccc2)c(=O)c2[nH]c(=O)oc12. The van der Waals surface area contributed by atoms with Crippen LogP contribution in [-0.2, 0) is 0 Å². The van der Waals surface area contributed by atoms with Gasteiger partial charge in [0.1, 0.15) is 0 Å². The molecule has 0 saturated heterocycles. The molecule has 5 heteroatoms. The van der Waals surface area contributed by atoms with Gasteiger partial charge in [0.25, 0.3) is 5.56 Å². The van der Waals surface area contributed by atoms with Gasteiger partial charge in [-0.2, -0.15) is 0 Å². The van der Waals surface area contributed by atoms with Crippen LogP contribution in [0.4, 0.5) is 0 Å². The maximum Gasteiger partial charge on any atom is 0.417 e. The fraction of sp³-hybridized carbons (Fsp3) is 0.200. The van der Waals surface area contributed by atoms with Crippen molar-refractivity contribution < 1.29 is 4.42 Å². The lowest BCUT2D eigenvalue weighted by molar-refractivity contribution is 0.551. The quantitative estimate of drug-likeness (QED) is 0.776. The molecular formula is C15H14N2O3. The number of H-pyrrole nitrogens is 1. The van der Waals surface area contributed by atoms with Crippen LogP contribution in [0.2, 0.25) is 0 Å². The van der Waals surface area contributed by atoms with Crippen molar-refractivity contribution in [3.63, 3.8) is 0 Å². The smallest absolute Gasteiger partial charge is 0.407 e. The predicted molar refractivity (Wildman–Crippen MR) is 76.1 cm³/mol. The van der Waals surface area contributed by atoms with Crippen LogP contribution >= 0.6 is 0 Å². The maximum atomic E-state index is 12.4. The summed E-state index contributed by atoms with van der Waals surface area (Å²) in [5.41, 5.74) is 2.07. The third-order valence-electron chi connectivity index (χ3n) is 3.49. The van der Waals surface area contributed by atoms with Gasteiger partial charge in [0.2, 0.25) is 0 Å². The Morgan fingerprint density at radius 2 is 1.90 bits per heavy atom. The molecule has 1 N–H and O–H groups in total. The zero-order valence-corrected chi connectivity index (χ0v) is 11.2. The van der Waals surface area contributed by atoms with Crippen LogP contribution in [-0.4, -0.2) is 9.55 Å². The number of benzene rings is 1. The van der Waals surface area contributed by atoms with Gasteiger partial charge >= 0.3 is 5.76 Å². The third-order valence-corrected chi connectivity index (χ3v) is 3.49. The number of nitrogens with one attached hydrogen (secondary N) is 1. The van der Waals surface area contributed by atoms with Gasteiger partial charge in [-0.3, -0.25) is 9.78 Å². The van der Waals surface area contributed by atoms with Crippen molar-refractivity contribution in [2.75, 3.05) is 0 Å². The van der Waals surface area contributed by atoms with Crippen molar-refractivity contribution in [2.24, 2.45) is 0 Å². The number of fused-ring (bicyclic) bond motifs is 1. The van der Waals surface area contributed by atoms with Gasteiger partial charge in [0.05, 0.1) is 6.04 Å². The van der Waals surface area contributed by atoms with E-state index < -0.39 is 5.76 Å². The van der Waals surface area contributed by atoms with Crippen LogP contribution in [0.5, 0.6) is 0 Å². The second-order valence-corrected chi connectivity index (χ2v) is 4.83. The average molecular weight is 270 g/mol. The predicted octanol–water partition coefficient (Wildman–Crippen LogP) is 2.20. The highest BCUT2D eigenvalue weighted by molar-refractivity contribution is 5.74. The highest BCUT2D eigenvalue weighted by Gasteiger charge is 2.15. The van der Waals surface area contributed by atoms with E-state index >= 15 is 0 Å². The van der Waals surface area contributed by atoms with Crippen molar-refractivity contribution in [1.29, 1.82) is 0 Å². The summed E-state index contributed by atoms with van der Waals surface area (Å²) in [4.78, 5) is 26.2. The van der Waals surface area contributed by atoms with Crippen LogP contribution < -0.4 is 11.3 Å². The second kappa shape index (κ2) is 4.52. The number of hydrogen-bond acceptors (Lipinski definition) is 3. The molecule has 3 rings (SSSR count). The van der Waals surface area contributed by atoms with E-state index in [2.05, 4.69) is 4.98 Å². The zero-order valence-electron chi connectivity index (χ0n) is 11.2. The number of pyridine rings is 1. The summed E-state index contributed by atoms with van der Waals surface area (Å²) in [6, 6.07) is 9.61. The third kappa shape index (κ3) is 1.87. The maximum absolute atomic E-state index is 12.4. The van der Waals surface area contributed by atoms with Gasteiger partial charge in [0, 0.05) is 11.8 Å². The minimum atomic E-state index is -0.606. The summed E-state index contributed by atoms with van der Waals surface area (Å²) in [6.45, 7) is 3.76. The van der Waals surface area contributed by atoms with E-state index in [9.17, 15) is 9.59 Å². The zero-order chi connectivity index (χ0) is 14.3. The van der Waals surface area contributed by atoms with Crippen molar-refractivity contribution in [1.82, 2.24) is 9.55 Å². The Morgan fingerprint density at radius 1 is 1.20 bits per heavy atom. The Bertz CT molecular complexity index is 872. The lowest BCUT2D eigenvalue weighted by atomic mass is 10.1. The standard InChI is InChI=1S/C15H14N2O3/c1-9-8-17(10(2)11-6-4-3-5-7-11)14(18)12-13(9)20-15(19)16-12/h3-8,10H,1-2H3,(H,16,19)/t10-/m1/s1. The van der Waals surface area contributed by atoms with E-state index in [4.69, 9.17) is 4.42 Å². The molecule has 3 aromatic rings. The molecule has 0 fully saturated rings. The summed E-state index contributed by atoms with van der Waals surface area (Å²) in [5, 5.41) is 0. The highest BCUT2D eigenvalue weighted by atomic mass is 16.4. The van der Waals surface area contributed by atoms with Gasteiger partial charge in [-0.1, -0.05) is 30.3 Å². The molecule has 0 saturated carbocycles. The number of oxazole rings is 1. The lowest BCUT2D eigenvalue weighted by Crippen LogP contribution is -2.24. The van der Waals surface area contributed by atoms with Gasteiger partial charge < -0.3 is 8.98 Å². The van der Waals surface area contributed by atoms with Crippen LogP contribution in [0.3, 0.4) is 0 Å². The van der Waals surface area contributed by atoms with Crippen LogP contribution in [0.15, 0.2) is 50.5 Å². The molecule has 2 aromatic heterocycles. The highest BCUT2D eigenvalue weighted by Crippen LogP contribution is 2.18. The normalized spacial score (nSPS) is 12.7. The second-order valence-electron chi connectivity index (χ2n) is 4.83. The van der Waals surface area contributed by atoms with E-state index in [-0.39, 0.29) is 17.1 Å². The first-order valence-corrected chi connectivity index (χ1v) is 6.37. The Morgan fingerprint density at radius 3 is 2.60 bits per heavy atom. The molecule has 0 spiro atoms. The first-order valence-electron chi connectivity index (χ1n) is 6.37. The van der Waals surface area contributed by atoms with Crippen LogP contribution in [0.25, 0.3) is 11.1 Å². The molecule has 0 aliphatic heterocycles. The molecule has 2 heterocycles. The minimum Gasteiger partial charge on any atom is -0.407 e. The van der Waals surface area contributed by atoms with Crippen LogP contribution in [0.1, 0.15) is 24.1 Å². The Balaban J connectivity index is 2.25. The first kappa shape index (κ1) is 12.5. The molecule has 0 aliphatic carbocycles. The van der Waals surface area contributed by atoms with E-state index in [1.807, 2.05) is 44.2 Å². The molecule has 0 unspecified atom stereocenters. The summed E-state index contributed by atoms with van der Waals surface area (Å²) in [5.74, 6) is -0.606. The number of hydrogen-bond donors (Lipinski definition) is 1. The number of aromatic nitrogens is 2. The fourth-order valence-electron chi connectivity index (χ4n) is 2.39. The Hall–Kier alpha value is -2.56. The molecular weight excluding hydrogens is 256 g/mol. The van der Waals surface area contributed by atoms with Gasteiger partial charge in [-0.15, -0.1) is 0 Å². The van der Waals surface area contributed by atoms with E-state index in [1.54, 1.807) is 10.8 Å². The van der Waals surface area contributed by atoms with E-state index in [0.29, 0.717) is 5.58 Å². The number of rotatable bonds is 2. The Labute approximate surface area is 114 Å².